The van der Waals surface area contributed by atoms with E-state index in [2.05, 4.69) is 15.3 Å². The molecule has 6 heteroatoms. The van der Waals surface area contributed by atoms with Crippen LogP contribution in [0.3, 0.4) is 0 Å². The van der Waals surface area contributed by atoms with Gasteiger partial charge in [-0.2, -0.15) is 0 Å². The number of anilines is 3. The highest BCUT2D eigenvalue weighted by Crippen LogP contribution is 2.22. The molecule has 0 aromatic carbocycles. The van der Waals surface area contributed by atoms with Gasteiger partial charge in [-0.15, -0.1) is 0 Å². The monoisotopic (exact) mass is 243 g/mol. The predicted octanol–water partition coefficient (Wildman–Crippen LogP) is 1.21. The first-order valence-corrected chi connectivity index (χ1v) is 5.33. The Kier molecular flexibility index (Phi) is 3.09. The predicted molar refractivity (Wildman–Crippen MR) is 69.4 cm³/mol. The van der Waals surface area contributed by atoms with E-state index in [1.165, 1.54) is 6.07 Å². The van der Waals surface area contributed by atoms with E-state index < -0.39 is 5.91 Å². The molecule has 0 aliphatic rings. The number of primary amides is 1. The second-order valence-corrected chi connectivity index (χ2v) is 3.76. The highest BCUT2D eigenvalue weighted by molar-refractivity contribution is 5.92. The van der Waals surface area contributed by atoms with Crippen LogP contribution in [0.15, 0.2) is 30.5 Å². The van der Waals surface area contributed by atoms with Crippen molar-refractivity contribution in [2.24, 2.45) is 5.73 Å². The molecule has 0 aliphatic carbocycles. The summed E-state index contributed by atoms with van der Waals surface area (Å²) in [5.41, 5.74) is 13.1. The molecule has 2 aromatic rings. The van der Waals surface area contributed by atoms with Crippen LogP contribution in [0.25, 0.3) is 0 Å². The Morgan fingerprint density at radius 3 is 2.78 bits per heavy atom. The van der Waals surface area contributed by atoms with Crippen LogP contribution in [0, 0.1) is 6.92 Å². The van der Waals surface area contributed by atoms with Gasteiger partial charge in [-0.1, -0.05) is 0 Å². The summed E-state index contributed by atoms with van der Waals surface area (Å²) in [5.74, 6) is -0.205. The quantitative estimate of drug-likeness (QED) is 0.751. The first-order chi connectivity index (χ1) is 8.58. The Balaban J connectivity index is 2.37. The van der Waals surface area contributed by atoms with Crippen LogP contribution in [-0.2, 0) is 0 Å². The van der Waals surface area contributed by atoms with Crippen LogP contribution in [0.2, 0.25) is 0 Å². The van der Waals surface area contributed by atoms with Gasteiger partial charge in [0.2, 0.25) is 0 Å². The Hall–Kier alpha value is -2.63. The lowest BCUT2D eigenvalue weighted by atomic mass is 10.2. The zero-order valence-electron chi connectivity index (χ0n) is 9.84. The molecule has 1 amide bonds. The van der Waals surface area contributed by atoms with Crippen molar-refractivity contribution in [2.75, 3.05) is 11.1 Å². The van der Waals surface area contributed by atoms with E-state index >= 15 is 0 Å². The Morgan fingerprint density at radius 1 is 1.33 bits per heavy atom. The van der Waals surface area contributed by atoms with Crippen molar-refractivity contribution in [1.29, 1.82) is 0 Å². The van der Waals surface area contributed by atoms with Crippen molar-refractivity contribution in [3.05, 3.63) is 41.9 Å². The normalized spacial score (nSPS) is 10.1. The van der Waals surface area contributed by atoms with Gasteiger partial charge in [0, 0.05) is 6.20 Å². The van der Waals surface area contributed by atoms with E-state index in [1.807, 2.05) is 13.0 Å². The first-order valence-electron chi connectivity index (χ1n) is 5.33. The van der Waals surface area contributed by atoms with Gasteiger partial charge in [-0.3, -0.25) is 9.78 Å². The van der Waals surface area contributed by atoms with E-state index in [-0.39, 0.29) is 5.69 Å². The number of hydrogen-bond donors (Lipinski definition) is 3. The molecule has 0 atom stereocenters. The average molecular weight is 243 g/mol. The third-order valence-electron chi connectivity index (χ3n) is 2.44. The van der Waals surface area contributed by atoms with E-state index in [1.54, 1.807) is 18.3 Å². The number of carbonyl (C=O) groups is 1. The maximum atomic E-state index is 11.1. The zero-order valence-corrected chi connectivity index (χ0v) is 9.84. The van der Waals surface area contributed by atoms with E-state index in [9.17, 15) is 4.79 Å². The van der Waals surface area contributed by atoms with Crippen LogP contribution in [0.4, 0.5) is 17.2 Å². The molecule has 0 spiro atoms. The topological polar surface area (TPSA) is 107 Å². The lowest BCUT2D eigenvalue weighted by molar-refractivity contribution is 0.0996. The molecule has 0 saturated heterocycles. The van der Waals surface area contributed by atoms with Gasteiger partial charge >= 0.3 is 0 Å². The molecule has 18 heavy (non-hydrogen) atoms. The number of nitrogens with one attached hydrogen (secondary N) is 1. The lowest BCUT2D eigenvalue weighted by Crippen LogP contribution is -2.14. The zero-order chi connectivity index (χ0) is 13.1. The molecule has 0 saturated carbocycles. The van der Waals surface area contributed by atoms with Crippen molar-refractivity contribution in [3.63, 3.8) is 0 Å². The molecule has 92 valence electrons. The molecule has 0 bridgehead atoms. The van der Waals surface area contributed by atoms with Crippen LogP contribution in [0.5, 0.6) is 0 Å². The average Bonchev–Trinajstić information content (AvgIpc) is 2.34. The highest BCUT2D eigenvalue weighted by atomic mass is 16.1. The van der Waals surface area contributed by atoms with Gasteiger partial charge in [0.05, 0.1) is 17.1 Å². The SMILES string of the molecule is Cc1ncccc1Nc1nc(C(N)=O)ccc1N. The number of pyridine rings is 2. The van der Waals surface area contributed by atoms with E-state index in [0.29, 0.717) is 11.5 Å². The van der Waals surface area contributed by atoms with Gasteiger partial charge in [0.25, 0.3) is 5.91 Å². The number of nitrogens with zero attached hydrogens (tertiary/aromatic N) is 2. The van der Waals surface area contributed by atoms with E-state index in [4.69, 9.17) is 11.5 Å². The van der Waals surface area contributed by atoms with Gasteiger partial charge in [0.1, 0.15) is 5.69 Å². The summed E-state index contributed by atoms with van der Waals surface area (Å²) >= 11 is 0. The van der Waals surface area contributed by atoms with Crippen molar-refractivity contribution in [3.8, 4) is 0 Å². The minimum atomic E-state index is -0.596. The molecular weight excluding hydrogens is 230 g/mol. The summed E-state index contributed by atoms with van der Waals surface area (Å²) in [4.78, 5) is 19.3. The van der Waals surface area contributed by atoms with Crippen molar-refractivity contribution >= 4 is 23.1 Å². The number of aromatic nitrogens is 2. The Bertz CT molecular complexity index is 597. The minimum Gasteiger partial charge on any atom is -0.396 e. The molecule has 6 nitrogen and oxygen atoms in total. The number of nitrogen functional groups attached to an aromatic ring is 1. The summed E-state index contributed by atoms with van der Waals surface area (Å²) in [6.07, 6.45) is 1.69. The van der Waals surface area contributed by atoms with E-state index in [0.717, 1.165) is 11.4 Å². The van der Waals surface area contributed by atoms with Crippen LogP contribution < -0.4 is 16.8 Å². The van der Waals surface area contributed by atoms with Crippen LogP contribution in [-0.4, -0.2) is 15.9 Å². The summed E-state index contributed by atoms with van der Waals surface area (Å²) in [7, 11) is 0. The third kappa shape index (κ3) is 2.37. The fourth-order valence-electron chi connectivity index (χ4n) is 1.45. The Labute approximate surface area is 104 Å². The standard InChI is InChI=1S/C12H13N5O/c1-7-9(3-2-6-15-7)16-12-8(13)4-5-10(17-12)11(14)18/h2-6H,13H2,1H3,(H2,14,18)(H,16,17). The molecule has 5 N–H and O–H groups in total. The van der Waals surface area contributed by atoms with Gasteiger partial charge < -0.3 is 16.8 Å². The summed E-state index contributed by atoms with van der Waals surface area (Å²) in [5, 5.41) is 3.03. The number of aryl methyl sites for hydroxylation is 1. The molecule has 0 aliphatic heterocycles. The summed E-state index contributed by atoms with van der Waals surface area (Å²) in [6.45, 7) is 1.86. The fourth-order valence-corrected chi connectivity index (χ4v) is 1.45. The van der Waals surface area contributed by atoms with Crippen molar-refractivity contribution in [2.45, 2.75) is 6.92 Å². The number of nitrogens with two attached hydrogens (primary N) is 2. The van der Waals surface area contributed by atoms with Crippen molar-refractivity contribution < 1.29 is 4.79 Å². The Morgan fingerprint density at radius 2 is 2.11 bits per heavy atom. The van der Waals surface area contributed by atoms with Gasteiger partial charge in [-0.05, 0) is 31.2 Å². The largest absolute Gasteiger partial charge is 0.396 e. The molecule has 2 aromatic heterocycles. The van der Waals surface area contributed by atoms with Crippen LogP contribution in [0.1, 0.15) is 16.2 Å². The van der Waals surface area contributed by atoms with Crippen molar-refractivity contribution in [1.82, 2.24) is 9.97 Å². The smallest absolute Gasteiger partial charge is 0.267 e. The number of rotatable bonds is 3. The lowest BCUT2D eigenvalue weighted by Gasteiger charge is -2.10. The van der Waals surface area contributed by atoms with Crippen LogP contribution >= 0.6 is 0 Å². The number of carbonyl (C=O) groups excluding carboxylic acids is 1. The molecule has 2 heterocycles. The molecular formula is C12H13N5O. The molecule has 2 rings (SSSR count). The first kappa shape index (κ1) is 11.8. The van der Waals surface area contributed by atoms with Gasteiger partial charge in [-0.25, -0.2) is 4.98 Å². The maximum Gasteiger partial charge on any atom is 0.267 e. The third-order valence-corrected chi connectivity index (χ3v) is 2.44. The fraction of sp³-hybridized carbons (Fsp3) is 0.0833. The molecule has 0 radical (unpaired) electrons. The van der Waals surface area contributed by atoms with Gasteiger partial charge in [0.15, 0.2) is 5.82 Å². The summed E-state index contributed by atoms with van der Waals surface area (Å²) < 4.78 is 0. The molecule has 0 unspecified atom stereocenters. The molecule has 0 fully saturated rings. The second-order valence-electron chi connectivity index (χ2n) is 3.76. The maximum absolute atomic E-state index is 11.1. The minimum absolute atomic E-state index is 0.160. The highest BCUT2D eigenvalue weighted by Gasteiger charge is 2.08. The number of amides is 1. The number of hydrogen-bond acceptors (Lipinski definition) is 5. The second kappa shape index (κ2) is 4.70. The summed E-state index contributed by atoms with van der Waals surface area (Å²) in [6, 6.07) is 6.71.